The molecule has 1 saturated heterocycles. The van der Waals surface area contributed by atoms with Gasteiger partial charge in [0.15, 0.2) is 6.29 Å². The minimum atomic E-state index is 0.00249. The molecule has 0 radical (unpaired) electrons. The second kappa shape index (κ2) is 7.89. The molecule has 1 aromatic rings. The van der Waals surface area contributed by atoms with Crippen molar-refractivity contribution >= 4 is 11.3 Å². The van der Waals surface area contributed by atoms with Crippen molar-refractivity contribution in [3.63, 3.8) is 0 Å². The molecule has 0 saturated carbocycles. The molecule has 1 atom stereocenters. The first-order chi connectivity index (χ1) is 8.88. The normalized spacial score (nSPS) is 18.3. The minimum absolute atomic E-state index is 0.00249. The second-order valence-corrected chi connectivity index (χ2v) is 5.71. The Hall–Kier alpha value is -0.420. The first-order valence-corrected chi connectivity index (χ1v) is 7.75. The summed E-state index contributed by atoms with van der Waals surface area (Å²) in [7, 11) is 0. The topological polar surface area (TPSA) is 30.5 Å². The number of ether oxygens (including phenoxy) is 2. The van der Waals surface area contributed by atoms with E-state index in [1.54, 1.807) is 0 Å². The minimum Gasteiger partial charge on any atom is -0.350 e. The van der Waals surface area contributed by atoms with Crippen LogP contribution in [-0.4, -0.2) is 32.1 Å². The van der Waals surface area contributed by atoms with Crippen LogP contribution >= 0.6 is 11.3 Å². The van der Waals surface area contributed by atoms with E-state index < -0.39 is 0 Å². The number of rotatable bonds is 8. The highest BCUT2D eigenvalue weighted by Gasteiger charge is 2.21. The molecule has 0 bridgehead atoms. The summed E-state index contributed by atoms with van der Waals surface area (Å²) in [6.45, 7) is 4.76. The summed E-state index contributed by atoms with van der Waals surface area (Å²) in [4.78, 5) is 1.46. The van der Waals surface area contributed by atoms with Gasteiger partial charge in [-0.1, -0.05) is 13.0 Å². The lowest BCUT2D eigenvalue weighted by Gasteiger charge is -2.21. The lowest BCUT2D eigenvalue weighted by Crippen LogP contribution is -2.34. The molecule has 1 aliphatic heterocycles. The molecule has 1 aliphatic rings. The van der Waals surface area contributed by atoms with Crippen molar-refractivity contribution in [2.45, 2.75) is 44.9 Å². The molecule has 0 aliphatic carbocycles. The van der Waals surface area contributed by atoms with Crippen molar-refractivity contribution in [3.05, 3.63) is 22.4 Å². The molecule has 18 heavy (non-hydrogen) atoms. The van der Waals surface area contributed by atoms with Crippen LogP contribution in [0.2, 0.25) is 0 Å². The van der Waals surface area contributed by atoms with Gasteiger partial charge >= 0.3 is 0 Å². The second-order valence-electron chi connectivity index (χ2n) is 4.68. The van der Waals surface area contributed by atoms with E-state index in [1.165, 1.54) is 11.3 Å². The van der Waals surface area contributed by atoms with Crippen LogP contribution in [-0.2, 0) is 15.9 Å². The fourth-order valence-electron chi connectivity index (χ4n) is 2.20. The van der Waals surface area contributed by atoms with E-state index in [0.29, 0.717) is 6.04 Å². The summed E-state index contributed by atoms with van der Waals surface area (Å²) in [5.74, 6) is 0. The standard InChI is InChI=1S/C14H23NO2S/c1-2-7-15-12(11-14-16-8-9-17-14)5-6-13-4-3-10-18-13/h3-4,10,12,14-15H,2,5-9,11H2,1H3. The maximum absolute atomic E-state index is 5.54. The average molecular weight is 269 g/mol. The van der Waals surface area contributed by atoms with Gasteiger partial charge in [0.1, 0.15) is 0 Å². The molecule has 1 unspecified atom stereocenters. The smallest absolute Gasteiger partial charge is 0.159 e. The van der Waals surface area contributed by atoms with Crippen molar-refractivity contribution < 1.29 is 9.47 Å². The van der Waals surface area contributed by atoms with Crippen molar-refractivity contribution in [1.82, 2.24) is 5.32 Å². The van der Waals surface area contributed by atoms with Crippen LogP contribution in [0.15, 0.2) is 17.5 Å². The Morgan fingerprint density at radius 1 is 1.44 bits per heavy atom. The monoisotopic (exact) mass is 269 g/mol. The van der Waals surface area contributed by atoms with Crippen LogP contribution in [0.5, 0.6) is 0 Å². The molecule has 102 valence electrons. The van der Waals surface area contributed by atoms with E-state index in [1.807, 2.05) is 11.3 Å². The number of thiophene rings is 1. The fraction of sp³-hybridized carbons (Fsp3) is 0.714. The molecule has 0 aromatic carbocycles. The zero-order valence-electron chi connectivity index (χ0n) is 11.1. The molecule has 1 aromatic heterocycles. The summed E-state index contributed by atoms with van der Waals surface area (Å²) in [6.07, 6.45) is 4.44. The third kappa shape index (κ3) is 4.69. The van der Waals surface area contributed by atoms with Crippen LogP contribution in [0.3, 0.4) is 0 Å². The molecular formula is C14H23NO2S. The van der Waals surface area contributed by atoms with E-state index in [-0.39, 0.29) is 6.29 Å². The van der Waals surface area contributed by atoms with Gasteiger partial charge in [-0.3, -0.25) is 0 Å². The predicted octanol–water partition coefficient (Wildman–Crippen LogP) is 2.81. The van der Waals surface area contributed by atoms with Crippen LogP contribution in [0.4, 0.5) is 0 Å². The quantitative estimate of drug-likeness (QED) is 0.787. The SMILES string of the molecule is CCCNC(CCc1cccs1)CC1OCCO1. The van der Waals surface area contributed by atoms with Crippen molar-refractivity contribution in [2.75, 3.05) is 19.8 Å². The van der Waals surface area contributed by atoms with Gasteiger partial charge < -0.3 is 14.8 Å². The molecular weight excluding hydrogens is 246 g/mol. The zero-order valence-corrected chi connectivity index (χ0v) is 11.9. The molecule has 2 rings (SSSR count). The molecule has 2 heterocycles. The molecule has 1 N–H and O–H groups in total. The Labute approximate surface area is 113 Å². The van der Waals surface area contributed by atoms with Crippen molar-refractivity contribution in [1.29, 1.82) is 0 Å². The first kappa shape index (κ1) is 14.0. The third-order valence-electron chi connectivity index (χ3n) is 3.17. The van der Waals surface area contributed by atoms with Crippen molar-refractivity contribution in [2.24, 2.45) is 0 Å². The van der Waals surface area contributed by atoms with Crippen molar-refractivity contribution in [3.8, 4) is 0 Å². The number of hydrogen-bond acceptors (Lipinski definition) is 4. The lowest BCUT2D eigenvalue weighted by atomic mass is 10.1. The van der Waals surface area contributed by atoms with Gasteiger partial charge in [-0.15, -0.1) is 11.3 Å². The van der Waals surface area contributed by atoms with Gasteiger partial charge in [-0.05, 0) is 37.3 Å². The highest BCUT2D eigenvalue weighted by molar-refractivity contribution is 7.09. The number of aryl methyl sites for hydroxylation is 1. The maximum atomic E-state index is 5.54. The molecule has 0 spiro atoms. The summed E-state index contributed by atoms with van der Waals surface area (Å²) < 4.78 is 11.1. The molecule has 0 amide bonds. The zero-order chi connectivity index (χ0) is 12.6. The van der Waals surface area contributed by atoms with Gasteiger partial charge in [-0.25, -0.2) is 0 Å². The molecule has 3 nitrogen and oxygen atoms in total. The van der Waals surface area contributed by atoms with Gasteiger partial charge in [-0.2, -0.15) is 0 Å². The lowest BCUT2D eigenvalue weighted by molar-refractivity contribution is -0.0531. The fourth-order valence-corrected chi connectivity index (χ4v) is 2.92. The Morgan fingerprint density at radius 3 is 2.94 bits per heavy atom. The van der Waals surface area contributed by atoms with Crippen LogP contribution in [0.25, 0.3) is 0 Å². The van der Waals surface area contributed by atoms with Gasteiger partial charge in [0.05, 0.1) is 13.2 Å². The molecule has 4 heteroatoms. The average Bonchev–Trinajstić information content (AvgIpc) is 3.05. The largest absolute Gasteiger partial charge is 0.350 e. The van der Waals surface area contributed by atoms with E-state index in [2.05, 4.69) is 29.8 Å². The summed E-state index contributed by atoms with van der Waals surface area (Å²) >= 11 is 1.84. The van der Waals surface area contributed by atoms with Gasteiger partial charge in [0, 0.05) is 17.3 Å². The van der Waals surface area contributed by atoms with Crippen LogP contribution < -0.4 is 5.32 Å². The van der Waals surface area contributed by atoms with E-state index in [9.17, 15) is 0 Å². The Kier molecular flexibility index (Phi) is 6.14. The summed E-state index contributed by atoms with van der Waals surface area (Å²) in [5.41, 5.74) is 0. The van der Waals surface area contributed by atoms with E-state index in [4.69, 9.17) is 9.47 Å². The van der Waals surface area contributed by atoms with Crippen LogP contribution in [0, 0.1) is 0 Å². The first-order valence-electron chi connectivity index (χ1n) is 6.87. The Balaban J connectivity index is 1.75. The summed E-state index contributed by atoms with van der Waals surface area (Å²) in [6, 6.07) is 4.83. The summed E-state index contributed by atoms with van der Waals surface area (Å²) in [5, 5.41) is 5.75. The van der Waals surface area contributed by atoms with Gasteiger partial charge in [0.2, 0.25) is 0 Å². The van der Waals surface area contributed by atoms with Gasteiger partial charge in [0.25, 0.3) is 0 Å². The molecule has 1 fully saturated rings. The third-order valence-corrected chi connectivity index (χ3v) is 4.11. The Morgan fingerprint density at radius 2 is 2.28 bits per heavy atom. The van der Waals surface area contributed by atoms with E-state index >= 15 is 0 Å². The Bertz CT molecular complexity index is 310. The predicted molar refractivity (Wildman–Crippen MR) is 75.0 cm³/mol. The number of hydrogen-bond donors (Lipinski definition) is 1. The van der Waals surface area contributed by atoms with Crippen LogP contribution in [0.1, 0.15) is 31.1 Å². The highest BCUT2D eigenvalue weighted by atomic mass is 32.1. The maximum Gasteiger partial charge on any atom is 0.159 e. The van der Waals surface area contributed by atoms with E-state index in [0.717, 1.165) is 39.0 Å². The highest BCUT2D eigenvalue weighted by Crippen LogP contribution is 2.17. The number of nitrogens with one attached hydrogen (secondary N) is 1.